The van der Waals surface area contributed by atoms with E-state index in [1.165, 1.54) is 11.3 Å². The fourth-order valence-electron chi connectivity index (χ4n) is 2.03. The van der Waals surface area contributed by atoms with Gasteiger partial charge in [-0.1, -0.05) is 18.2 Å². The van der Waals surface area contributed by atoms with Crippen LogP contribution in [0.2, 0.25) is 0 Å². The minimum Gasteiger partial charge on any atom is -0.494 e. The second-order valence-corrected chi connectivity index (χ2v) is 5.55. The third-order valence-corrected chi connectivity index (χ3v) is 3.89. The summed E-state index contributed by atoms with van der Waals surface area (Å²) in [5.74, 6) is -0.523. The molecule has 0 saturated carbocycles. The molecule has 0 fully saturated rings. The molecule has 1 atom stereocenters. The molecule has 1 aromatic heterocycles. The standard InChI is InChI=1S/C16H17NO4S/c1-2-21-12-7-5-11(6-8-12)13(10-15(18)19)17-16(20)14-4-3-9-22-14/h3-9,13H,2,10H2,1H3,(H,17,20)(H,18,19)/t13-/m1/s1. The van der Waals surface area contributed by atoms with E-state index in [9.17, 15) is 9.59 Å². The van der Waals surface area contributed by atoms with Gasteiger partial charge in [-0.05, 0) is 36.1 Å². The highest BCUT2D eigenvalue weighted by molar-refractivity contribution is 7.12. The Morgan fingerprint density at radius 1 is 1.27 bits per heavy atom. The zero-order chi connectivity index (χ0) is 15.9. The first-order valence-electron chi connectivity index (χ1n) is 6.89. The van der Waals surface area contributed by atoms with Crippen LogP contribution in [0.25, 0.3) is 0 Å². The molecule has 0 aliphatic rings. The van der Waals surface area contributed by atoms with Crippen molar-refractivity contribution < 1.29 is 19.4 Å². The fourth-order valence-corrected chi connectivity index (χ4v) is 2.65. The van der Waals surface area contributed by atoms with Crippen molar-refractivity contribution in [2.45, 2.75) is 19.4 Å². The minimum absolute atomic E-state index is 0.175. The Bertz CT molecular complexity index is 622. The monoisotopic (exact) mass is 319 g/mol. The maximum absolute atomic E-state index is 12.1. The van der Waals surface area contributed by atoms with Gasteiger partial charge in [0.25, 0.3) is 5.91 Å². The molecule has 116 valence electrons. The average Bonchev–Trinajstić information content (AvgIpc) is 3.01. The summed E-state index contributed by atoms with van der Waals surface area (Å²) in [6.07, 6.45) is -0.175. The van der Waals surface area contributed by atoms with Crippen molar-refractivity contribution >= 4 is 23.2 Å². The highest BCUT2D eigenvalue weighted by atomic mass is 32.1. The number of hydrogen-bond donors (Lipinski definition) is 2. The van der Waals surface area contributed by atoms with Gasteiger partial charge in [-0.25, -0.2) is 0 Å². The second-order valence-electron chi connectivity index (χ2n) is 4.60. The maximum atomic E-state index is 12.1. The lowest BCUT2D eigenvalue weighted by Gasteiger charge is -2.17. The van der Waals surface area contributed by atoms with Crippen LogP contribution in [-0.2, 0) is 4.79 Å². The molecule has 1 aromatic carbocycles. The second kappa shape index (κ2) is 7.61. The third-order valence-electron chi connectivity index (χ3n) is 3.02. The van der Waals surface area contributed by atoms with Gasteiger partial charge >= 0.3 is 5.97 Å². The smallest absolute Gasteiger partial charge is 0.305 e. The first-order chi connectivity index (χ1) is 10.6. The quantitative estimate of drug-likeness (QED) is 0.822. The largest absolute Gasteiger partial charge is 0.494 e. The molecule has 0 aliphatic heterocycles. The summed E-state index contributed by atoms with van der Waals surface area (Å²) in [4.78, 5) is 23.7. The molecule has 0 radical (unpaired) electrons. The van der Waals surface area contributed by atoms with Crippen molar-refractivity contribution in [2.75, 3.05) is 6.61 Å². The van der Waals surface area contributed by atoms with Gasteiger partial charge in [0.2, 0.25) is 0 Å². The van der Waals surface area contributed by atoms with E-state index in [2.05, 4.69) is 5.32 Å². The van der Waals surface area contributed by atoms with Crippen LogP contribution in [0.15, 0.2) is 41.8 Å². The van der Waals surface area contributed by atoms with E-state index in [4.69, 9.17) is 9.84 Å². The van der Waals surface area contributed by atoms with Crippen LogP contribution in [-0.4, -0.2) is 23.6 Å². The lowest BCUT2D eigenvalue weighted by molar-refractivity contribution is -0.137. The van der Waals surface area contributed by atoms with Gasteiger partial charge in [0.15, 0.2) is 0 Å². The molecule has 5 nitrogen and oxygen atoms in total. The molecule has 0 unspecified atom stereocenters. The van der Waals surface area contributed by atoms with Gasteiger partial charge in [-0.15, -0.1) is 11.3 Å². The lowest BCUT2D eigenvalue weighted by Crippen LogP contribution is -2.29. The SMILES string of the molecule is CCOc1ccc([C@@H](CC(=O)O)NC(=O)c2cccs2)cc1. The van der Waals surface area contributed by atoms with E-state index in [0.717, 1.165) is 5.56 Å². The molecule has 0 spiro atoms. The van der Waals surface area contributed by atoms with Gasteiger partial charge in [0.1, 0.15) is 5.75 Å². The van der Waals surface area contributed by atoms with Gasteiger partial charge in [-0.3, -0.25) is 9.59 Å². The van der Waals surface area contributed by atoms with Gasteiger partial charge in [-0.2, -0.15) is 0 Å². The number of rotatable bonds is 7. The Morgan fingerprint density at radius 2 is 2.00 bits per heavy atom. The first kappa shape index (κ1) is 16.0. The number of carbonyl (C=O) groups is 2. The van der Waals surface area contributed by atoms with Gasteiger partial charge in [0, 0.05) is 0 Å². The van der Waals surface area contributed by atoms with Crippen molar-refractivity contribution in [3.05, 3.63) is 52.2 Å². The third kappa shape index (κ3) is 4.33. The van der Waals surface area contributed by atoms with Crippen molar-refractivity contribution in [3.63, 3.8) is 0 Å². The van der Waals surface area contributed by atoms with Crippen molar-refractivity contribution in [1.29, 1.82) is 0 Å². The Kier molecular flexibility index (Phi) is 5.55. The molecule has 1 heterocycles. The summed E-state index contributed by atoms with van der Waals surface area (Å²) in [6, 6.07) is 9.98. The zero-order valence-electron chi connectivity index (χ0n) is 12.1. The molecule has 2 N–H and O–H groups in total. The molecule has 6 heteroatoms. The molecule has 2 aromatic rings. The number of carboxylic acid groups (broad SMARTS) is 1. The number of amides is 1. The summed E-state index contributed by atoms with van der Waals surface area (Å²) in [6.45, 7) is 2.45. The van der Waals surface area contributed by atoms with Crippen LogP contribution in [0.5, 0.6) is 5.75 Å². The highest BCUT2D eigenvalue weighted by Gasteiger charge is 2.19. The normalized spacial score (nSPS) is 11.7. The number of aliphatic carboxylic acids is 1. The molecular weight excluding hydrogens is 302 g/mol. The summed E-state index contributed by atoms with van der Waals surface area (Å²) < 4.78 is 5.36. The highest BCUT2D eigenvalue weighted by Crippen LogP contribution is 2.21. The van der Waals surface area contributed by atoms with Gasteiger partial charge in [0.05, 0.1) is 23.9 Å². The van der Waals surface area contributed by atoms with E-state index < -0.39 is 12.0 Å². The number of carbonyl (C=O) groups excluding carboxylic acids is 1. The summed E-state index contributed by atoms with van der Waals surface area (Å²) in [5, 5.41) is 13.6. The van der Waals surface area contributed by atoms with E-state index in [-0.39, 0.29) is 12.3 Å². The maximum Gasteiger partial charge on any atom is 0.305 e. The predicted octanol–water partition coefficient (Wildman–Crippen LogP) is 3.09. The van der Waals surface area contributed by atoms with Crippen LogP contribution in [0.3, 0.4) is 0 Å². The van der Waals surface area contributed by atoms with Crippen LogP contribution in [0.1, 0.15) is 34.6 Å². The summed E-state index contributed by atoms with van der Waals surface area (Å²) in [5.41, 5.74) is 0.732. The van der Waals surface area contributed by atoms with Crippen LogP contribution < -0.4 is 10.1 Å². The number of nitrogens with one attached hydrogen (secondary N) is 1. The number of carboxylic acids is 1. The van der Waals surface area contributed by atoms with E-state index in [0.29, 0.717) is 17.2 Å². The Labute approximate surface area is 132 Å². The fraction of sp³-hybridized carbons (Fsp3) is 0.250. The topological polar surface area (TPSA) is 75.6 Å². The average molecular weight is 319 g/mol. The Morgan fingerprint density at radius 3 is 2.55 bits per heavy atom. The number of ether oxygens (including phenoxy) is 1. The Balaban J connectivity index is 2.14. The molecule has 22 heavy (non-hydrogen) atoms. The first-order valence-corrected chi connectivity index (χ1v) is 7.77. The van der Waals surface area contributed by atoms with Crippen LogP contribution in [0.4, 0.5) is 0 Å². The van der Waals surface area contributed by atoms with E-state index in [1.807, 2.05) is 6.92 Å². The van der Waals surface area contributed by atoms with Crippen molar-refractivity contribution in [3.8, 4) is 5.75 Å². The molecule has 2 rings (SSSR count). The molecule has 1 amide bonds. The molecule has 0 bridgehead atoms. The number of benzene rings is 1. The van der Waals surface area contributed by atoms with E-state index in [1.54, 1.807) is 41.8 Å². The van der Waals surface area contributed by atoms with E-state index >= 15 is 0 Å². The molecule has 0 aliphatic carbocycles. The van der Waals surface area contributed by atoms with Gasteiger partial charge < -0.3 is 15.2 Å². The predicted molar refractivity (Wildman–Crippen MR) is 84.4 cm³/mol. The summed E-state index contributed by atoms with van der Waals surface area (Å²) >= 11 is 1.32. The Hall–Kier alpha value is -2.34. The van der Waals surface area contributed by atoms with Crippen LogP contribution >= 0.6 is 11.3 Å². The van der Waals surface area contributed by atoms with Crippen molar-refractivity contribution in [2.24, 2.45) is 0 Å². The molecule has 0 saturated heterocycles. The zero-order valence-corrected chi connectivity index (χ0v) is 12.9. The minimum atomic E-state index is -0.967. The van der Waals surface area contributed by atoms with Crippen molar-refractivity contribution in [1.82, 2.24) is 5.32 Å². The number of thiophene rings is 1. The lowest BCUT2D eigenvalue weighted by atomic mass is 10.0. The van der Waals surface area contributed by atoms with Crippen LogP contribution in [0, 0.1) is 0 Å². The summed E-state index contributed by atoms with van der Waals surface area (Å²) in [7, 11) is 0. The number of hydrogen-bond acceptors (Lipinski definition) is 4. The molecular formula is C16H17NO4S.